The third-order valence-corrected chi connectivity index (χ3v) is 2.04. The molecule has 0 aromatic carbocycles. The molecular weight excluding hydrogens is 168 g/mol. The van der Waals surface area contributed by atoms with Crippen molar-refractivity contribution in [1.29, 1.82) is 0 Å². The summed E-state index contributed by atoms with van der Waals surface area (Å²) in [5, 5.41) is 3.11. The smallest absolute Gasteiger partial charge is 0.251 e. The minimum absolute atomic E-state index is 0.519. The molecule has 5 heteroatoms. The van der Waals surface area contributed by atoms with Crippen LogP contribution in [0.15, 0.2) is 5.10 Å². The Kier molecular flexibility index (Phi) is 6.48. The molecule has 0 spiro atoms. The van der Waals surface area contributed by atoms with Gasteiger partial charge in [-0.15, -0.1) is 0 Å². The van der Waals surface area contributed by atoms with Crippen LogP contribution in [-0.2, 0) is 4.79 Å². The van der Waals surface area contributed by atoms with Crippen molar-refractivity contribution in [2.24, 2.45) is 5.10 Å². The Morgan fingerprint density at radius 1 is 1.90 bits per heavy atom. The number of thiocarbonyl (C=S) groups is 1. The summed E-state index contributed by atoms with van der Waals surface area (Å²) < 4.78 is 0.519. The zero-order valence-electron chi connectivity index (χ0n) is 5.59. The van der Waals surface area contributed by atoms with Crippen LogP contribution in [-0.4, -0.2) is 16.2 Å². The van der Waals surface area contributed by atoms with E-state index in [-0.39, 0.29) is 0 Å². The van der Waals surface area contributed by atoms with Gasteiger partial charge in [0.1, 0.15) is 0 Å². The topological polar surface area (TPSA) is 41.5 Å². The van der Waals surface area contributed by atoms with Crippen molar-refractivity contribution in [3.8, 4) is 0 Å². The Morgan fingerprint density at radius 2 is 2.60 bits per heavy atom. The highest BCUT2D eigenvalue weighted by molar-refractivity contribution is 8.22. The molecular formula is C5H8N2OS2. The van der Waals surface area contributed by atoms with E-state index < -0.39 is 0 Å². The normalized spacial score (nSPS) is 8.10. The molecule has 10 heavy (non-hydrogen) atoms. The molecule has 1 N–H and O–H groups in total. The Hall–Kier alpha value is -0.380. The largest absolute Gasteiger partial charge is 0.258 e. The van der Waals surface area contributed by atoms with Crippen LogP contribution in [0.25, 0.3) is 0 Å². The minimum atomic E-state index is 0.519. The second-order valence-electron chi connectivity index (χ2n) is 1.45. The number of nitrogens with zero attached hydrogens (tertiary/aromatic N) is 1. The Labute approximate surface area is 69.3 Å². The Morgan fingerprint density at radius 3 is 3.10 bits per heavy atom. The van der Waals surface area contributed by atoms with Crippen molar-refractivity contribution < 1.29 is 4.79 Å². The molecule has 0 heterocycles. The maximum Gasteiger partial charge on any atom is 0.258 e. The van der Waals surface area contributed by atoms with E-state index in [0.717, 1.165) is 12.2 Å². The van der Waals surface area contributed by atoms with E-state index >= 15 is 0 Å². The number of nitrogens with one attached hydrogen (secondary N) is 1. The molecule has 0 amide bonds. The molecule has 0 aliphatic rings. The van der Waals surface area contributed by atoms with E-state index in [2.05, 4.69) is 17.5 Å². The lowest BCUT2D eigenvalue weighted by molar-refractivity contribution is 0.562. The number of hydrazone groups is 1. The quantitative estimate of drug-likeness (QED) is 0.304. The highest BCUT2D eigenvalue weighted by Crippen LogP contribution is 2.02. The van der Waals surface area contributed by atoms with Gasteiger partial charge in [0.25, 0.3) is 6.08 Å². The lowest BCUT2D eigenvalue weighted by Gasteiger charge is -1.96. The molecule has 0 aliphatic carbocycles. The first-order chi connectivity index (χ1) is 4.81. The van der Waals surface area contributed by atoms with Gasteiger partial charge >= 0.3 is 0 Å². The molecule has 0 unspecified atom stereocenters. The summed E-state index contributed by atoms with van der Waals surface area (Å²) in [5.74, 6) is 0.945. The van der Waals surface area contributed by atoms with E-state index in [1.807, 2.05) is 0 Å². The molecule has 0 saturated carbocycles. The summed E-state index contributed by atoms with van der Waals surface area (Å²) in [6.07, 6.45) is 2.39. The predicted molar refractivity (Wildman–Crippen MR) is 46.6 cm³/mol. The maximum absolute atomic E-state index is 9.56. The van der Waals surface area contributed by atoms with Crippen molar-refractivity contribution in [1.82, 2.24) is 5.43 Å². The van der Waals surface area contributed by atoms with Crippen LogP contribution in [0.1, 0.15) is 13.3 Å². The van der Waals surface area contributed by atoms with Gasteiger partial charge in [-0.1, -0.05) is 36.0 Å². The lowest BCUT2D eigenvalue weighted by atomic mass is 10.6. The summed E-state index contributed by atoms with van der Waals surface area (Å²) in [4.78, 5) is 9.56. The third kappa shape index (κ3) is 5.75. The SMILES string of the molecule is CCCSC(=S)NN=C=O. The first-order valence-electron chi connectivity index (χ1n) is 2.81. The van der Waals surface area contributed by atoms with Gasteiger partial charge in [0.2, 0.25) is 0 Å². The maximum atomic E-state index is 9.56. The van der Waals surface area contributed by atoms with Crippen LogP contribution in [0.5, 0.6) is 0 Å². The Bertz CT molecular complexity index is 154. The number of rotatable bonds is 3. The summed E-state index contributed by atoms with van der Waals surface area (Å²) >= 11 is 6.23. The molecule has 0 saturated heterocycles. The van der Waals surface area contributed by atoms with Crippen molar-refractivity contribution in [3.05, 3.63) is 0 Å². The minimum Gasteiger partial charge on any atom is -0.251 e. The standard InChI is InChI=1S/C5H8N2OS2/c1-2-3-10-5(9)7-6-4-8/h2-3H2,1H3,(H,7,9). The highest BCUT2D eigenvalue weighted by atomic mass is 32.2. The number of hydrogen-bond donors (Lipinski definition) is 1. The second-order valence-corrected chi connectivity index (χ2v) is 3.22. The van der Waals surface area contributed by atoms with Crippen LogP contribution >= 0.6 is 24.0 Å². The molecule has 0 aromatic rings. The average molecular weight is 176 g/mol. The van der Waals surface area contributed by atoms with Gasteiger partial charge < -0.3 is 0 Å². The third-order valence-electron chi connectivity index (χ3n) is 0.630. The fourth-order valence-corrected chi connectivity index (χ4v) is 1.09. The number of thioether (sulfide) groups is 1. The van der Waals surface area contributed by atoms with Crippen LogP contribution in [0.2, 0.25) is 0 Å². The summed E-state index contributed by atoms with van der Waals surface area (Å²) in [7, 11) is 0. The van der Waals surface area contributed by atoms with Crippen molar-refractivity contribution >= 4 is 34.4 Å². The molecule has 0 aromatic heterocycles. The molecule has 0 radical (unpaired) electrons. The van der Waals surface area contributed by atoms with E-state index in [1.165, 1.54) is 17.8 Å². The van der Waals surface area contributed by atoms with E-state index in [1.54, 1.807) is 0 Å². The zero-order valence-corrected chi connectivity index (χ0v) is 7.22. The molecule has 0 bridgehead atoms. The summed E-state index contributed by atoms with van der Waals surface area (Å²) in [6.45, 7) is 2.05. The zero-order chi connectivity index (χ0) is 7.82. The molecule has 3 nitrogen and oxygen atoms in total. The highest BCUT2D eigenvalue weighted by Gasteiger charge is 1.91. The average Bonchev–Trinajstić information content (AvgIpc) is 1.97. The first-order valence-corrected chi connectivity index (χ1v) is 4.20. The van der Waals surface area contributed by atoms with Gasteiger partial charge in [-0.2, -0.15) is 0 Å². The van der Waals surface area contributed by atoms with Crippen molar-refractivity contribution in [2.75, 3.05) is 5.75 Å². The molecule has 0 rings (SSSR count). The van der Waals surface area contributed by atoms with Crippen LogP contribution in [0.3, 0.4) is 0 Å². The van der Waals surface area contributed by atoms with E-state index in [4.69, 9.17) is 12.2 Å². The molecule has 0 aliphatic heterocycles. The van der Waals surface area contributed by atoms with Crippen LogP contribution in [0.4, 0.5) is 0 Å². The lowest BCUT2D eigenvalue weighted by Crippen LogP contribution is -2.10. The van der Waals surface area contributed by atoms with Gasteiger partial charge in [0, 0.05) is 5.75 Å². The fraction of sp³-hybridized carbons (Fsp3) is 0.600. The Balaban J connectivity index is 3.34. The molecule has 56 valence electrons. The van der Waals surface area contributed by atoms with Gasteiger partial charge in [-0.05, 0) is 6.42 Å². The number of hydrogen-bond acceptors (Lipinski definition) is 4. The first kappa shape index (κ1) is 9.62. The molecule has 0 fully saturated rings. The van der Waals surface area contributed by atoms with Gasteiger partial charge in [-0.3, -0.25) is 5.43 Å². The van der Waals surface area contributed by atoms with Gasteiger partial charge in [0.15, 0.2) is 4.32 Å². The van der Waals surface area contributed by atoms with Gasteiger partial charge in [-0.25, -0.2) is 4.79 Å². The van der Waals surface area contributed by atoms with E-state index in [0.29, 0.717) is 4.32 Å². The van der Waals surface area contributed by atoms with Crippen molar-refractivity contribution in [2.45, 2.75) is 13.3 Å². The van der Waals surface area contributed by atoms with E-state index in [9.17, 15) is 4.79 Å². The second kappa shape index (κ2) is 6.74. The monoisotopic (exact) mass is 176 g/mol. The summed E-state index contributed by atoms with van der Waals surface area (Å²) in [5.41, 5.74) is 2.36. The number of carbonyl (C=O) groups excluding carboxylic acids is 1. The predicted octanol–water partition coefficient (Wildman–Crippen LogP) is 1.25. The molecule has 0 atom stereocenters. The number of isocyanates is 1. The van der Waals surface area contributed by atoms with Crippen LogP contribution < -0.4 is 5.43 Å². The van der Waals surface area contributed by atoms with Crippen molar-refractivity contribution in [3.63, 3.8) is 0 Å². The van der Waals surface area contributed by atoms with Gasteiger partial charge in [0.05, 0.1) is 0 Å². The van der Waals surface area contributed by atoms with Crippen LogP contribution in [0, 0.1) is 0 Å². The fourth-order valence-electron chi connectivity index (χ4n) is 0.295. The summed E-state index contributed by atoms with van der Waals surface area (Å²) in [6, 6.07) is 0.